The van der Waals surface area contributed by atoms with Gasteiger partial charge in [0.25, 0.3) is 0 Å². The van der Waals surface area contributed by atoms with Crippen molar-refractivity contribution in [1.29, 1.82) is 0 Å². The van der Waals surface area contributed by atoms with Crippen molar-refractivity contribution in [2.45, 2.75) is 52.1 Å². The third-order valence-electron chi connectivity index (χ3n) is 4.87. The Kier molecular flexibility index (Phi) is 3.68. The van der Waals surface area contributed by atoms with E-state index in [-0.39, 0.29) is 11.9 Å². The van der Waals surface area contributed by atoms with E-state index in [0.717, 1.165) is 31.8 Å². The molecule has 108 valence electrons. The number of fused-ring (bicyclic) bond motifs is 1. The van der Waals surface area contributed by atoms with Gasteiger partial charge in [-0.3, -0.25) is 4.79 Å². The van der Waals surface area contributed by atoms with Crippen molar-refractivity contribution in [2.24, 2.45) is 5.92 Å². The Bertz CT molecular complexity index is 519. The number of hydrogen-bond donors (Lipinski definition) is 0. The van der Waals surface area contributed by atoms with Gasteiger partial charge in [0.15, 0.2) is 0 Å². The van der Waals surface area contributed by atoms with Gasteiger partial charge in [0.2, 0.25) is 5.91 Å². The van der Waals surface area contributed by atoms with E-state index in [1.807, 2.05) is 11.0 Å². The van der Waals surface area contributed by atoms with E-state index < -0.39 is 0 Å². The highest BCUT2D eigenvalue weighted by atomic mass is 16.2. The highest BCUT2D eigenvalue weighted by molar-refractivity contribution is 5.88. The van der Waals surface area contributed by atoms with Crippen LogP contribution in [0.3, 0.4) is 0 Å². The maximum absolute atomic E-state index is 12.5. The summed E-state index contributed by atoms with van der Waals surface area (Å²) in [6.07, 6.45) is 8.70. The first kappa shape index (κ1) is 13.5. The van der Waals surface area contributed by atoms with Crippen LogP contribution in [0.4, 0.5) is 0 Å². The molecule has 1 fully saturated rings. The average molecular weight is 272 g/mol. The van der Waals surface area contributed by atoms with Crippen LogP contribution in [-0.2, 0) is 11.3 Å². The molecule has 3 nitrogen and oxygen atoms in total. The van der Waals surface area contributed by atoms with E-state index in [4.69, 9.17) is 0 Å². The molecule has 1 saturated carbocycles. The van der Waals surface area contributed by atoms with Crippen molar-refractivity contribution >= 4 is 5.91 Å². The zero-order chi connectivity index (χ0) is 14.1. The molecule has 3 rings (SSSR count). The molecule has 1 unspecified atom stereocenters. The first-order chi connectivity index (χ1) is 9.65. The molecule has 3 heteroatoms. The van der Waals surface area contributed by atoms with Crippen LogP contribution in [0.5, 0.6) is 0 Å². The summed E-state index contributed by atoms with van der Waals surface area (Å²) in [6.45, 7) is 6.17. The third kappa shape index (κ3) is 2.54. The molecule has 0 bridgehead atoms. The second kappa shape index (κ2) is 5.47. The van der Waals surface area contributed by atoms with Crippen molar-refractivity contribution < 1.29 is 4.79 Å². The molecule has 1 amide bonds. The summed E-state index contributed by atoms with van der Waals surface area (Å²) in [5, 5.41) is 0. The molecule has 1 atom stereocenters. The van der Waals surface area contributed by atoms with Gasteiger partial charge in [0.1, 0.15) is 0 Å². The zero-order valence-corrected chi connectivity index (χ0v) is 12.5. The largest absolute Gasteiger partial charge is 0.348 e. The lowest BCUT2D eigenvalue weighted by atomic mass is 9.87. The lowest BCUT2D eigenvalue weighted by molar-refractivity contribution is -0.129. The SMILES string of the molecule is CC1CCC(=CC(=O)N2CCn3cccc3C2C)CC1. The van der Waals surface area contributed by atoms with E-state index in [1.54, 1.807) is 0 Å². The molecule has 2 heterocycles. The lowest BCUT2D eigenvalue weighted by Gasteiger charge is -2.34. The normalized spacial score (nSPS) is 26.3. The molecule has 0 saturated heterocycles. The zero-order valence-electron chi connectivity index (χ0n) is 12.5. The number of allylic oxidation sites excluding steroid dienone is 1. The molecular formula is C17H24N2O. The highest BCUT2D eigenvalue weighted by Crippen LogP contribution is 2.29. The van der Waals surface area contributed by atoms with Crippen molar-refractivity contribution in [2.75, 3.05) is 6.54 Å². The van der Waals surface area contributed by atoms with Gasteiger partial charge in [0, 0.05) is 31.1 Å². The van der Waals surface area contributed by atoms with Crippen LogP contribution in [0.2, 0.25) is 0 Å². The summed E-state index contributed by atoms with van der Waals surface area (Å²) >= 11 is 0. The van der Waals surface area contributed by atoms with Gasteiger partial charge >= 0.3 is 0 Å². The van der Waals surface area contributed by atoms with Gasteiger partial charge in [-0.1, -0.05) is 12.5 Å². The standard InChI is InChI=1S/C17H24N2O/c1-13-5-7-15(8-6-13)12-17(20)19-11-10-18-9-3-4-16(18)14(19)2/h3-4,9,12-14H,5-8,10-11H2,1-2H3. The summed E-state index contributed by atoms with van der Waals surface area (Å²) in [7, 11) is 0. The van der Waals surface area contributed by atoms with Gasteiger partial charge in [-0.2, -0.15) is 0 Å². The fourth-order valence-corrected chi connectivity index (χ4v) is 3.41. The van der Waals surface area contributed by atoms with E-state index in [1.165, 1.54) is 24.1 Å². The maximum Gasteiger partial charge on any atom is 0.247 e. The number of amides is 1. The van der Waals surface area contributed by atoms with Gasteiger partial charge in [-0.25, -0.2) is 0 Å². The molecule has 1 aromatic rings. The molecule has 2 aliphatic rings. The molecular weight excluding hydrogens is 248 g/mol. The van der Waals surface area contributed by atoms with E-state index in [2.05, 4.69) is 36.7 Å². The summed E-state index contributed by atoms with van der Waals surface area (Å²) in [5.41, 5.74) is 2.60. The minimum Gasteiger partial charge on any atom is -0.348 e. The van der Waals surface area contributed by atoms with Crippen LogP contribution in [0, 0.1) is 5.92 Å². The summed E-state index contributed by atoms with van der Waals surface area (Å²) in [4.78, 5) is 14.5. The van der Waals surface area contributed by atoms with Crippen LogP contribution < -0.4 is 0 Å². The minimum absolute atomic E-state index is 0.186. The van der Waals surface area contributed by atoms with Gasteiger partial charge in [-0.05, 0) is 50.7 Å². The first-order valence-corrected chi connectivity index (χ1v) is 7.80. The van der Waals surface area contributed by atoms with Crippen LogP contribution in [0.25, 0.3) is 0 Å². The average Bonchev–Trinajstić information content (AvgIpc) is 2.91. The molecule has 0 aromatic carbocycles. The minimum atomic E-state index is 0.186. The van der Waals surface area contributed by atoms with Crippen LogP contribution in [0.1, 0.15) is 51.3 Å². The molecule has 1 aromatic heterocycles. The Labute approximate surface area is 121 Å². The Morgan fingerprint density at radius 1 is 1.25 bits per heavy atom. The van der Waals surface area contributed by atoms with Crippen molar-refractivity contribution in [3.63, 3.8) is 0 Å². The van der Waals surface area contributed by atoms with Crippen LogP contribution in [0.15, 0.2) is 30.0 Å². The van der Waals surface area contributed by atoms with Crippen molar-refractivity contribution in [1.82, 2.24) is 9.47 Å². The molecule has 0 spiro atoms. The van der Waals surface area contributed by atoms with E-state index in [0.29, 0.717) is 0 Å². The van der Waals surface area contributed by atoms with Gasteiger partial charge in [0.05, 0.1) is 6.04 Å². The Morgan fingerprint density at radius 3 is 2.75 bits per heavy atom. The molecule has 20 heavy (non-hydrogen) atoms. The number of aromatic nitrogens is 1. The number of rotatable bonds is 1. The maximum atomic E-state index is 12.5. The lowest BCUT2D eigenvalue weighted by Crippen LogP contribution is -2.40. The second-order valence-electron chi connectivity index (χ2n) is 6.32. The number of nitrogens with zero attached hydrogens (tertiary/aromatic N) is 2. The summed E-state index contributed by atoms with van der Waals surface area (Å²) in [5.74, 6) is 1.02. The summed E-state index contributed by atoms with van der Waals surface area (Å²) < 4.78 is 2.25. The first-order valence-electron chi connectivity index (χ1n) is 7.80. The Hall–Kier alpha value is -1.51. The van der Waals surface area contributed by atoms with Crippen molar-refractivity contribution in [3.8, 4) is 0 Å². The second-order valence-corrected chi connectivity index (χ2v) is 6.32. The van der Waals surface area contributed by atoms with Gasteiger partial charge in [-0.15, -0.1) is 0 Å². The van der Waals surface area contributed by atoms with Gasteiger partial charge < -0.3 is 9.47 Å². The van der Waals surface area contributed by atoms with Crippen molar-refractivity contribution in [3.05, 3.63) is 35.7 Å². The predicted molar refractivity (Wildman–Crippen MR) is 80.3 cm³/mol. The molecule has 1 aliphatic carbocycles. The fraction of sp³-hybridized carbons (Fsp3) is 0.588. The van der Waals surface area contributed by atoms with Crippen LogP contribution >= 0.6 is 0 Å². The highest BCUT2D eigenvalue weighted by Gasteiger charge is 2.26. The number of hydrogen-bond acceptors (Lipinski definition) is 1. The summed E-state index contributed by atoms with van der Waals surface area (Å²) in [6, 6.07) is 4.38. The predicted octanol–water partition coefficient (Wildman–Crippen LogP) is 3.53. The monoisotopic (exact) mass is 272 g/mol. The number of carbonyl (C=O) groups is 1. The fourth-order valence-electron chi connectivity index (χ4n) is 3.41. The smallest absolute Gasteiger partial charge is 0.247 e. The van der Waals surface area contributed by atoms with E-state index in [9.17, 15) is 4.79 Å². The molecule has 0 N–H and O–H groups in total. The molecule has 0 radical (unpaired) electrons. The molecule has 1 aliphatic heterocycles. The van der Waals surface area contributed by atoms with E-state index >= 15 is 0 Å². The topological polar surface area (TPSA) is 25.2 Å². The Morgan fingerprint density at radius 2 is 2.00 bits per heavy atom. The van der Waals surface area contributed by atoms with Crippen LogP contribution in [-0.4, -0.2) is 21.9 Å². The quantitative estimate of drug-likeness (QED) is 0.718. The Balaban J connectivity index is 1.71. The third-order valence-corrected chi connectivity index (χ3v) is 4.87. The number of carbonyl (C=O) groups excluding carboxylic acids is 1.